The number of carboxylic acids is 1. The number of urea groups is 1. The molecular formula is C13H17BrN2O3. The van der Waals surface area contributed by atoms with Crippen LogP contribution in [0.3, 0.4) is 0 Å². The van der Waals surface area contributed by atoms with Crippen LogP contribution in [0.1, 0.15) is 25.3 Å². The minimum atomic E-state index is -0.865. The van der Waals surface area contributed by atoms with Gasteiger partial charge in [0.15, 0.2) is 0 Å². The van der Waals surface area contributed by atoms with Crippen molar-refractivity contribution in [2.24, 2.45) is 0 Å². The lowest BCUT2D eigenvalue weighted by Crippen LogP contribution is -2.36. The minimum absolute atomic E-state index is 0.0373. The van der Waals surface area contributed by atoms with E-state index < -0.39 is 5.97 Å². The summed E-state index contributed by atoms with van der Waals surface area (Å²) in [5, 5.41) is 14.0. The molecule has 0 fully saturated rings. The van der Waals surface area contributed by atoms with E-state index in [9.17, 15) is 9.59 Å². The fraction of sp³-hybridized carbons (Fsp3) is 0.385. The summed E-state index contributed by atoms with van der Waals surface area (Å²) in [5.41, 5.74) is 1.72. The van der Waals surface area contributed by atoms with Crippen LogP contribution >= 0.6 is 15.9 Å². The Kier molecular flexibility index (Phi) is 5.82. The third kappa shape index (κ3) is 5.74. The molecule has 0 aromatic heterocycles. The molecule has 0 heterocycles. The lowest BCUT2D eigenvalue weighted by Gasteiger charge is -2.14. The van der Waals surface area contributed by atoms with E-state index in [1.807, 2.05) is 25.1 Å². The van der Waals surface area contributed by atoms with E-state index in [4.69, 9.17) is 5.11 Å². The summed E-state index contributed by atoms with van der Waals surface area (Å²) in [6.07, 6.45) is 0.438. The van der Waals surface area contributed by atoms with E-state index in [2.05, 4.69) is 26.6 Å². The highest BCUT2D eigenvalue weighted by atomic mass is 79.9. The first-order valence-electron chi connectivity index (χ1n) is 5.94. The Morgan fingerprint density at radius 1 is 1.42 bits per heavy atom. The monoisotopic (exact) mass is 328 g/mol. The summed E-state index contributed by atoms with van der Waals surface area (Å²) in [6, 6.07) is 5.11. The van der Waals surface area contributed by atoms with Crippen LogP contribution in [0.25, 0.3) is 0 Å². The molecule has 5 nitrogen and oxygen atoms in total. The molecule has 104 valence electrons. The van der Waals surface area contributed by atoms with Gasteiger partial charge in [-0.05, 0) is 53.9 Å². The molecule has 2 amide bonds. The maximum absolute atomic E-state index is 11.7. The first kappa shape index (κ1) is 15.5. The highest BCUT2D eigenvalue weighted by Crippen LogP contribution is 2.23. The smallest absolute Gasteiger partial charge is 0.319 e. The second-order valence-corrected chi connectivity index (χ2v) is 5.27. The molecule has 1 atom stereocenters. The summed E-state index contributed by atoms with van der Waals surface area (Å²) >= 11 is 3.35. The van der Waals surface area contributed by atoms with Crippen molar-refractivity contribution in [1.29, 1.82) is 0 Å². The number of amides is 2. The zero-order valence-corrected chi connectivity index (χ0v) is 12.5. The molecule has 0 saturated heterocycles. The summed E-state index contributed by atoms with van der Waals surface area (Å²) < 4.78 is 0.798. The Morgan fingerprint density at radius 3 is 2.74 bits per heavy atom. The molecule has 0 aliphatic carbocycles. The van der Waals surface area contributed by atoms with E-state index in [1.54, 1.807) is 6.92 Å². The number of benzene rings is 1. The van der Waals surface area contributed by atoms with Crippen molar-refractivity contribution < 1.29 is 14.7 Å². The molecule has 1 aromatic rings. The number of carbonyl (C=O) groups is 2. The molecule has 6 heteroatoms. The molecule has 0 aliphatic rings. The highest BCUT2D eigenvalue weighted by Gasteiger charge is 2.10. The van der Waals surface area contributed by atoms with Crippen LogP contribution in [0.5, 0.6) is 0 Å². The number of rotatable bonds is 5. The number of nitrogens with one attached hydrogen (secondary N) is 2. The molecule has 0 radical (unpaired) electrons. The van der Waals surface area contributed by atoms with Crippen LogP contribution in [-0.2, 0) is 4.79 Å². The van der Waals surface area contributed by atoms with Gasteiger partial charge < -0.3 is 15.7 Å². The predicted molar refractivity (Wildman–Crippen MR) is 77.4 cm³/mol. The number of aliphatic carboxylic acids is 1. The molecule has 0 spiro atoms. The third-order valence-corrected chi connectivity index (χ3v) is 3.23. The number of hydrogen-bond donors (Lipinski definition) is 3. The second-order valence-electron chi connectivity index (χ2n) is 4.42. The molecule has 3 N–H and O–H groups in total. The van der Waals surface area contributed by atoms with Gasteiger partial charge in [0, 0.05) is 16.9 Å². The van der Waals surface area contributed by atoms with Crippen LogP contribution in [0.2, 0.25) is 0 Å². The van der Waals surface area contributed by atoms with Crippen LogP contribution in [0.4, 0.5) is 10.5 Å². The zero-order valence-electron chi connectivity index (χ0n) is 10.9. The SMILES string of the molecule is Cc1ccc(Br)c(NC(=O)NC(C)CCC(=O)O)c1. The lowest BCUT2D eigenvalue weighted by molar-refractivity contribution is -0.137. The van der Waals surface area contributed by atoms with Gasteiger partial charge in [-0.1, -0.05) is 6.07 Å². The lowest BCUT2D eigenvalue weighted by atomic mass is 10.2. The van der Waals surface area contributed by atoms with Crippen LogP contribution in [0.15, 0.2) is 22.7 Å². The van der Waals surface area contributed by atoms with E-state index in [-0.39, 0.29) is 18.5 Å². The van der Waals surface area contributed by atoms with Crippen molar-refractivity contribution in [1.82, 2.24) is 5.32 Å². The number of aryl methyl sites for hydroxylation is 1. The van der Waals surface area contributed by atoms with E-state index in [1.165, 1.54) is 0 Å². The van der Waals surface area contributed by atoms with Crippen molar-refractivity contribution in [3.63, 3.8) is 0 Å². The van der Waals surface area contributed by atoms with Gasteiger partial charge in [-0.15, -0.1) is 0 Å². The number of carboxylic acid groups (broad SMARTS) is 1. The fourth-order valence-corrected chi connectivity index (χ4v) is 1.87. The summed E-state index contributed by atoms with van der Waals surface area (Å²) in [6.45, 7) is 3.71. The van der Waals surface area contributed by atoms with E-state index >= 15 is 0 Å². The maximum atomic E-state index is 11.7. The van der Waals surface area contributed by atoms with Crippen molar-refractivity contribution in [3.05, 3.63) is 28.2 Å². The molecule has 19 heavy (non-hydrogen) atoms. The number of halogens is 1. The normalized spacial score (nSPS) is 11.7. The van der Waals surface area contributed by atoms with Crippen LogP contribution < -0.4 is 10.6 Å². The average Bonchev–Trinajstić information content (AvgIpc) is 2.31. The van der Waals surface area contributed by atoms with Gasteiger partial charge in [0.05, 0.1) is 5.69 Å². The minimum Gasteiger partial charge on any atom is -0.481 e. The molecule has 0 bridgehead atoms. The second kappa shape index (κ2) is 7.13. The van der Waals surface area contributed by atoms with Gasteiger partial charge >= 0.3 is 12.0 Å². The molecule has 1 rings (SSSR count). The first-order chi connectivity index (χ1) is 8.88. The third-order valence-electron chi connectivity index (χ3n) is 2.54. The van der Waals surface area contributed by atoms with E-state index in [0.29, 0.717) is 12.1 Å². The molecule has 1 aromatic carbocycles. The molecular weight excluding hydrogens is 312 g/mol. The quantitative estimate of drug-likeness (QED) is 0.776. The van der Waals surface area contributed by atoms with Gasteiger partial charge in [-0.25, -0.2) is 4.79 Å². The summed E-state index contributed by atoms with van der Waals surface area (Å²) in [5.74, 6) is -0.865. The van der Waals surface area contributed by atoms with Crippen molar-refractivity contribution >= 4 is 33.6 Å². The first-order valence-corrected chi connectivity index (χ1v) is 6.73. The average molecular weight is 329 g/mol. The molecule has 1 unspecified atom stereocenters. The molecule has 0 saturated carbocycles. The van der Waals surface area contributed by atoms with Gasteiger partial charge in [0.1, 0.15) is 0 Å². The topological polar surface area (TPSA) is 78.4 Å². The fourth-order valence-electron chi connectivity index (χ4n) is 1.53. The Hall–Kier alpha value is -1.56. The summed E-state index contributed by atoms with van der Waals surface area (Å²) in [4.78, 5) is 22.2. The predicted octanol–water partition coefficient (Wildman–Crippen LogP) is 3.13. The van der Waals surface area contributed by atoms with Crippen LogP contribution in [-0.4, -0.2) is 23.1 Å². The van der Waals surface area contributed by atoms with Crippen LogP contribution in [0, 0.1) is 6.92 Å². The maximum Gasteiger partial charge on any atom is 0.319 e. The summed E-state index contributed by atoms with van der Waals surface area (Å²) in [7, 11) is 0. The Bertz CT molecular complexity index is 477. The van der Waals surface area contributed by atoms with Gasteiger partial charge in [-0.2, -0.15) is 0 Å². The Balaban J connectivity index is 2.50. The molecule has 0 aliphatic heterocycles. The Morgan fingerprint density at radius 2 is 2.11 bits per heavy atom. The van der Waals surface area contributed by atoms with Crippen molar-refractivity contribution in [3.8, 4) is 0 Å². The van der Waals surface area contributed by atoms with Crippen molar-refractivity contribution in [2.45, 2.75) is 32.7 Å². The number of carbonyl (C=O) groups excluding carboxylic acids is 1. The number of hydrogen-bond acceptors (Lipinski definition) is 2. The van der Waals surface area contributed by atoms with Crippen molar-refractivity contribution in [2.75, 3.05) is 5.32 Å². The van der Waals surface area contributed by atoms with E-state index in [0.717, 1.165) is 10.0 Å². The standard InChI is InChI=1S/C13H17BrN2O3/c1-8-3-5-10(14)11(7-8)16-13(19)15-9(2)4-6-12(17)18/h3,5,7,9H,4,6H2,1-2H3,(H,17,18)(H2,15,16,19). The Labute approximate surface area is 120 Å². The highest BCUT2D eigenvalue weighted by molar-refractivity contribution is 9.10. The van der Waals surface area contributed by atoms with Gasteiger partial charge in [0.25, 0.3) is 0 Å². The zero-order chi connectivity index (χ0) is 14.4. The van der Waals surface area contributed by atoms with Gasteiger partial charge in [-0.3, -0.25) is 4.79 Å². The largest absolute Gasteiger partial charge is 0.481 e. The van der Waals surface area contributed by atoms with Gasteiger partial charge in [0.2, 0.25) is 0 Å². The number of anilines is 1.